The van der Waals surface area contributed by atoms with Crippen molar-refractivity contribution < 1.29 is 10.2 Å². The molecular weight excluding hydrogens is 223 g/mol. The maximum atomic E-state index is 10.1. The maximum absolute atomic E-state index is 10.1. The first-order valence-corrected chi connectivity index (χ1v) is 5.10. The summed E-state index contributed by atoms with van der Waals surface area (Å²) in [6.45, 7) is 0. The van der Waals surface area contributed by atoms with E-state index in [4.69, 9.17) is 0 Å². The second-order valence-corrected chi connectivity index (χ2v) is 3.79. The van der Waals surface area contributed by atoms with Crippen molar-refractivity contribution in [2.24, 2.45) is 0 Å². The van der Waals surface area contributed by atoms with Gasteiger partial charge in [0.05, 0.1) is 0 Å². The Labute approximate surface area is 121 Å². The normalized spacial score (nSPS) is 10.4. The Kier molecular flexibility index (Phi) is 3.29. The molecule has 2 N–H and O–H groups in total. The smallest absolute Gasteiger partial charge is 0.131 e. The Morgan fingerprint density at radius 2 is 0.765 bits per heavy atom. The molecule has 0 aliphatic rings. The molecule has 0 aliphatic carbocycles. The van der Waals surface area contributed by atoms with Gasteiger partial charge in [-0.2, -0.15) is 0 Å². The van der Waals surface area contributed by atoms with Gasteiger partial charge in [-0.05, 0) is 0 Å². The van der Waals surface area contributed by atoms with Gasteiger partial charge in [-0.25, -0.2) is 0 Å². The fourth-order valence-corrected chi connectivity index (χ4v) is 2.08. The third kappa shape index (κ3) is 1.78. The molecule has 0 unspecified atom stereocenters. The van der Waals surface area contributed by atoms with Crippen molar-refractivity contribution in [1.82, 2.24) is 0 Å². The quantitative estimate of drug-likeness (QED) is 0.356. The largest absolute Gasteiger partial charge is 0.507 e. The summed E-state index contributed by atoms with van der Waals surface area (Å²) in [5, 5.41) is 23.0. The third-order valence-electron chi connectivity index (χ3n) is 2.87. The van der Waals surface area contributed by atoms with Crippen molar-refractivity contribution in [2.75, 3.05) is 0 Å². The molecule has 2 nitrogen and oxygen atoms in total. The van der Waals surface area contributed by atoms with Gasteiger partial charge >= 0.3 is 0 Å². The van der Waals surface area contributed by atoms with Crippen LogP contribution in [-0.2, 0) is 0 Å². The molecular formula is C14H10NaO2. The molecule has 0 atom stereocenters. The topological polar surface area (TPSA) is 40.5 Å². The van der Waals surface area contributed by atoms with Crippen molar-refractivity contribution in [2.45, 2.75) is 0 Å². The first-order chi connectivity index (χ1) is 7.79. The van der Waals surface area contributed by atoms with Crippen LogP contribution in [0.2, 0.25) is 0 Å². The number of fused-ring (bicyclic) bond motifs is 2. The summed E-state index contributed by atoms with van der Waals surface area (Å²) >= 11 is 0. The number of phenolic OH excluding ortho intramolecular Hbond substituents is 2. The van der Waals surface area contributed by atoms with Crippen molar-refractivity contribution in [3.8, 4) is 11.5 Å². The van der Waals surface area contributed by atoms with Gasteiger partial charge in [0.1, 0.15) is 11.5 Å². The van der Waals surface area contributed by atoms with Crippen LogP contribution < -0.4 is 0 Å². The number of hydrogen-bond donors (Lipinski definition) is 2. The molecule has 3 aromatic rings. The van der Waals surface area contributed by atoms with Crippen LogP contribution in [0.5, 0.6) is 11.5 Å². The van der Waals surface area contributed by atoms with Crippen LogP contribution in [0.25, 0.3) is 21.5 Å². The summed E-state index contributed by atoms with van der Waals surface area (Å²) in [5.74, 6) is 0.452. The van der Waals surface area contributed by atoms with Gasteiger partial charge in [0.15, 0.2) is 0 Å². The zero-order valence-corrected chi connectivity index (χ0v) is 11.5. The molecule has 0 aromatic heterocycles. The summed E-state index contributed by atoms with van der Waals surface area (Å²) < 4.78 is 0. The minimum absolute atomic E-state index is 0. The van der Waals surface area contributed by atoms with Crippen LogP contribution in [0.1, 0.15) is 0 Å². The number of aromatic hydroxyl groups is 2. The van der Waals surface area contributed by atoms with Gasteiger partial charge in [0.2, 0.25) is 0 Å². The van der Waals surface area contributed by atoms with Gasteiger partial charge in [0, 0.05) is 51.1 Å². The van der Waals surface area contributed by atoms with E-state index in [1.165, 1.54) is 0 Å². The Morgan fingerprint density at radius 1 is 0.529 bits per heavy atom. The molecule has 3 aromatic carbocycles. The van der Waals surface area contributed by atoms with Gasteiger partial charge in [0.25, 0.3) is 0 Å². The number of phenols is 2. The van der Waals surface area contributed by atoms with E-state index in [1.807, 2.05) is 24.3 Å². The monoisotopic (exact) mass is 233 g/mol. The minimum Gasteiger partial charge on any atom is -0.507 e. The molecule has 0 aliphatic heterocycles. The van der Waals surface area contributed by atoms with E-state index in [0.29, 0.717) is 21.5 Å². The molecule has 0 spiro atoms. The van der Waals surface area contributed by atoms with Crippen molar-refractivity contribution >= 4 is 51.1 Å². The first-order valence-electron chi connectivity index (χ1n) is 5.10. The Hall–Kier alpha value is -1.22. The van der Waals surface area contributed by atoms with Gasteiger partial charge in [-0.15, -0.1) is 0 Å². The van der Waals surface area contributed by atoms with E-state index < -0.39 is 0 Å². The molecule has 0 fully saturated rings. The molecule has 0 heterocycles. The Morgan fingerprint density at radius 3 is 1.00 bits per heavy atom. The van der Waals surface area contributed by atoms with Crippen LogP contribution >= 0.6 is 0 Å². The Balaban J connectivity index is 0.00000108. The molecule has 3 heteroatoms. The predicted molar refractivity (Wildman–Crippen MR) is 70.5 cm³/mol. The van der Waals surface area contributed by atoms with Gasteiger partial charge in [-0.1, -0.05) is 48.5 Å². The summed E-state index contributed by atoms with van der Waals surface area (Å²) in [6.07, 6.45) is 0. The van der Waals surface area contributed by atoms with Crippen LogP contribution in [-0.4, -0.2) is 39.8 Å². The zero-order valence-electron chi connectivity index (χ0n) is 9.51. The average Bonchev–Trinajstić information content (AvgIpc) is 2.36. The molecule has 0 amide bonds. The summed E-state index contributed by atoms with van der Waals surface area (Å²) in [5.41, 5.74) is 0. The second-order valence-electron chi connectivity index (χ2n) is 3.79. The number of rotatable bonds is 0. The summed E-state index contributed by atoms with van der Waals surface area (Å²) in [6, 6.07) is 14.6. The molecule has 0 saturated heterocycles. The average molecular weight is 233 g/mol. The third-order valence-corrected chi connectivity index (χ3v) is 2.87. The molecule has 79 valence electrons. The standard InChI is InChI=1S/C14H10O2.Na/c15-13-9-5-1-2-6-10(9)14(16)12-8-4-3-7-11(12)13;/h1-8,15-16H;. The molecule has 0 bridgehead atoms. The van der Waals surface area contributed by atoms with Crippen molar-refractivity contribution in [1.29, 1.82) is 0 Å². The fraction of sp³-hybridized carbons (Fsp3) is 0. The maximum Gasteiger partial charge on any atom is 0.131 e. The predicted octanol–water partition coefficient (Wildman–Crippen LogP) is 3.02. The molecule has 3 rings (SSSR count). The first kappa shape index (κ1) is 12.2. The van der Waals surface area contributed by atoms with Crippen LogP contribution in [0.15, 0.2) is 48.5 Å². The summed E-state index contributed by atoms with van der Waals surface area (Å²) in [4.78, 5) is 0. The van der Waals surface area contributed by atoms with Gasteiger partial charge in [-0.3, -0.25) is 0 Å². The van der Waals surface area contributed by atoms with Crippen LogP contribution in [0.3, 0.4) is 0 Å². The molecule has 17 heavy (non-hydrogen) atoms. The SMILES string of the molecule is Oc1c2ccccc2c(O)c2ccccc12.[Na]. The molecule has 0 saturated carbocycles. The Bertz CT molecular complexity index is 575. The summed E-state index contributed by atoms with van der Waals surface area (Å²) in [7, 11) is 0. The van der Waals surface area contributed by atoms with E-state index in [-0.39, 0.29) is 41.1 Å². The fourth-order valence-electron chi connectivity index (χ4n) is 2.08. The zero-order chi connectivity index (χ0) is 11.1. The number of hydrogen-bond acceptors (Lipinski definition) is 2. The van der Waals surface area contributed by atoms with Gasteiger partial charge < -0.3 is 10.2 Å². The molecule has 1 radical (unpaired) electrons. The second kappa shape index (κ2) is 4.57. The van der Waals surface area contributed by atoms with Crippen molar-refractivity contribution in [3.05, 3.63) is 48.5 Å². The van der Waals surface area contributed by atoms with E-state index >= 15 is 0 Å². The van der Waals surface area contributed by atoms with Crippen LogP contribution in [0.4, 0.5) is 0 Å². The van der Waals surface area contributed by atoms with E-state index in [9.17, 15) is 10.2 Å². The van der Waals surface area contributed by atoms with Crippen LogP contribution in [0, 0.1) is 0 Å². The van der Waals surface area contributed by atoms with E-state index in [2.05, 4.69) is 0 Å². The van der Waals surface area contributed by atoms with Crippen molar-refractivity contribution in [3.63, 3.8) is 0 Å². The van der Waals surface area contributed by atoms with E-state index in [1.54, 1.807) is 24.3 Å². The van der Waals surface area contributed by atoms with E-state index in [0.717, 1.165) is 0 Å². The minimum atomic E-state index is 0. The number of benzene rings is 3.